The maximum absolute atomic E-state index is 11.9. The van der Waals surface area contributed by atoms with Crippen molar-refractivity contribution in [3.8, 4) is 6.07 Å². The Balaban J connectivity index is 2.10. The second kappa shape index (κ2) is 6.25. The molecule has 1 aromatic heterocycles. The van der Waals surface area contributed by atoms with Gasteiger partial charge in [0.1, 0.15) is 12.6 Å². The van der Waals surface area contributed by atoms with E-state index >= 15 is 0 Å². The van der Waals surface area contributed by atoms with Gasteiger partial charge >= 0.3 is 0 Å². The van der Waals surface area contributed by atoms with E-state index in [0.717, 1.165) is 17.3 Å². The van der Waals surface area contributed by atoms with Gasteiger partial charge in [-0.1, -0.05) is 32.0 Å². The molecule has 0 aliphatic heterocycles. The number of nitrogens with zero attached hydrogens (tertiary/aromatic N) is 2. The third-order valence-corrected chi connectivity index (χ3v) is 3.27. The van der Waals surface area contributed by atoms with E-state index in [4.69, 9.17) is 5.26 Å². The number of hydrogen-bond acceptors (Lipinski definition) is 2. The van der Waals surface area contributed by atoms with E-state index in [1.165, 1.54) is 0 Å². The van der Waals surface area contributed by atoms with E-state index in [0.29, 0.717) is 18.0 Å². The first kappa shape index (κ1) is 14.1. The summed E-state index contributed by atoms with van der Waals surface area (Å²) in [6.07, 6.45) is 2.72. The molecule has 2 rings (SSSR count). The predicted octanol–water partition coefficient (Wildman–Crippen LogP) is 2.68. The molecule has 0 aliphatic carbocycles. The topological polar surface area (TPSA) is 57.8 Å². The van der Waals surface area contributed by atoms with E-state index in [9.17, 15) is 4.79 Å². The van der Waals surface area contributed by atoms with Gasteiger partial charge in [-0.2, -0.15) is 5.26 Å². The lowest BCUT2D eigenvalue weighted by atomic mass is 10.1. The molecule has 2 aromatic rings. The Hall–Kier alpha value is -2.28. The number of hydrogen-bond donors (Lipinski definition) is 1. The molecule has 0 radical (unpaired) electrons. The third-order valence-electron chi connectivity index (χ3n) is 3.27. The number of nitriles is 1. The first-order chi connectivity index (χ1) is 9.61. The molecule has 0 unspecified atom stereocenters. The van der Waals surface area contributed by atoms with Gasteiger partial charge in [-0.25, -0.2) is 0 Å². The Morgan fingerprint density at radius 1 is 1.40 bits per heavy atom. The van der Waals surface area contributed by atoms with Crippen LogP contribution in [0.4, 0.5) is 0 Å². The lowest BCUT2D eigenvalue weighted by Crippen LogP contribution is -2.28. The average molecular weight is 269 g/mol. The van der Waals surface area contributed by atoms with Gasteiger partial charge < -0.3 is 9.88 Å². The summed E-state index contributed by atoms with van der Waals surface area (Å²) in [5, 5.41) is 12.9. The van der Waals surface area contributed by atoms with Crippen LogP contribution in [0.2, 0.25) is 0 Å². The number of aromatic nitrogens is 1. The molecule has 4 nitrogen and oxygen atoms in total. The third kappa shape index (κ3) is 3.18. The number of nitrogens with one attached hydrogen (secondary N) is 1. The van der Waals surface area contributed by atoms with E-state index in [2.05, 4.69) is 25.2 Å². The van der Waals surface area contributed by atoms with Crippen LogP contribution in [0.1, 0.15) is 25.8 Å². The fourth-order valence-corrected chi connectivity index (χ4v) is 2.18. The van der Waals surface area contributed by atoms with Crippen molar-refractivity contribution in [2.75, 3.05) is 6.54 Å². The van der Waals surface area contributed by atoms with Crippen molar-refractivity contribution in [1.82, 2.24) is 9.88 Å². The number of fused-ring (bicyclic) bond motifs is 1. The maximum atomic E-state index is 11.9. The van der Waals surface area contributed by atoms with Crippen LogP contribution in [0, 0.1) is 17.2 Å². The fraction of sp³-hybridized carbons (Fsp3) is 0.375. The number of amides is 1. The summed E-state index contributed by atoms with van der Waals surface area (Å²) in [6.45, 7) is 5.21. The van der Waals surface area contributed by atoms with Gasteiger partial charge in [0.05, 0.1) is 5.56 Å². The molecule has 20 heavy (non-hydrogen) atoms. The highest BCUT2D eigenvalue weighted by atomic mass is 16.1. The van der Waals surface area contributed by atoms with Crippen LogP contribution in [0.25, 0.3) is 10.9 Å². The number of benzene rings is 1. The van der Waals surface area contributed by atoms with Crippen molar-refractivity contribution in [3.63, 3.8) is 0 Å². The summed E-state index contributed by atoms with van der Waals surface area (Å²) in [5.41, 5.74) is 1.53. The molecule has 4 heteroatoms. The summed E-state index contributed by atoms with van der Waals surface area (Å²) in [6, 6.07) is 9.81. The van der Waals surface area contributed by atoms with E-state index in [-0.39, 0.29) is 12.5 Å². The molecule has 0 bridgehead atoms. The quantitative estimate of drug-likeness (QED) is 0.907. The standard InChI is InChI=1S/C16H19N3O/c1-12(2)7-8-18-16(20)11-19-10-13(9-17)14-5-3-4-6-15(14)19/h3-6,10,12H,7-8,11H2,1-2H3,(H,18,20). The Labute approximate surface area is 119 Å². The molecular formula is C16H19N3O. The number of carbonyl (C=O) groups is 1. The number of rotatable bonds is 5. The molecule has 0 atom stereocenters. The van der Waals surface area contributed by atoms with E-state index < -0.39 is 0 Å². The lowest BCUT2D eigenvalue weighted by Gasteiger charge is -2.08. The van der Waals surface area contributed by atoms with Crippen LogP contribution in [0.5, 0.6) is 0 Å². The zero-order chi connectivity index (χ0) is 14.5. The average Bonchev–Trinajstić information content (AvgIpc) is 2.77. The molecule has 1 amide bonds. The smallest absolute Gasteiger partial charge is 0.239 e. The van der Waals surface area contributed by atoms with Crippen LogP contribution in [-0.2, 0) is 11.3 Å². The van der Waals surface area contributed by atoms with Crippen molar-refractivity contribution < 1.29 is 4.79 Å². The molecule has 0 fully saturated rings. The van der Waals surface area contributed by atoms with Crippen molar-refractivity contribution in [1.29, 1.82) is 5.26 Å². The Morgan fingerprint density at radius 3 is 2.85 bits per heavy atom. The van der Waals surface area contributed by atoms with Gasteiger partial charge in [-0.05, 0) is 18.4 Å². The SMILES string of the molecule is CC(C)CCNC(=O)Cn1cc(C#N)c2ccccc21. The predicted molar refractivity (Wildman–Crippen MR) is 79.1 cm³/mol. The molecule has 0 saturated carbocycles. The van der Waals surface area contributed by atoms with Crippen molar-refractivity contribution >= 4 is 16.8 Å². The molecule has 104 valence electrons. The normalized spacial score (nSPS) is 10.7. The highest BCUT2D eigenvalue weighted by Gasteiger charge is 2.10. The van der Waals surface area contributed by atoms with Crippen LogP contribution in [-0.4, -0.2) is 17.0 Å². The minimum Gasteiger partial charge on any atom is -0.355 e. The molecule has 1 aromatic carbocycles. The molecule has 0 spiro atoms. The summed E-state index contributed by atoms with van der Waals surface area (Å²) in [5.74, 6) is 0.559. The zero-order valence-corrected chi connectivity index (χ0v) is 11.9. The highest BCUT2D eigenvalue weighted by molar-refractivity contribution is 5.88. The first-order valence-corrected chi connectivity index (χ1v) is 6.86. The van der Waals surface area contributed by atoms with Crippen LogP contribution >= 0.6 is 0 Å². The largest absolute Gasteiger partial charge is 0.355 e. The minimum absolute atomic E-state index is 0.0177. The van der Waals surface area contributed by atoms with Crippen molar-refractivity contribution in [2.45, 2.75) is 26.8 Å². The Kier molecular flexibility index (Phi) is 4.41. The Morgan fingerprint density at radius 2 is 2.15 bits per heavy atom. The summed E-state index contributed by atoms with van der Waals surface area (Å²) in [4.78, 5) is 11.9. The minimum atomic E-state index is -0.0177. The van der Waals surface area contributed by atoms with E-state index in [1.807, 2.05) is 28.8 Å². The van der Waals surface area contributed by atoms with Crippen LogP contribution < -0.4 is 5.32 Å². The summed E-state index contributed by atoms with van der Waals surface area (Å²) < 4.78 is 1.83. The zero-order valence-electron chi connectivity index (χ0n) is 11.9. The number of carbonyl (C=O) groups excluding carboxylic acids is 1. The molecule has 0 aliphatic rings. The van der Waals surface area contributed by atoms with Gasteiger partial charge in [0.25, 0.3) is 0 Å². The second-order valence-electron chi connectivity index (χ2n) is 5.33. The van der Waals surface area contributed by atoms with Gasteiger partial charge in [0.2, 0.25) is 5.91 Å². The second-order valence-corrected chi connectivity index (χ2v) is 5.33. The molecule has 0 saturated heterocycles. The summed E-state index contributed by atoms with van der Waals surface area (Å²) >= 11 is 0. The highest BCUT2D eigenvalue weighted by Crippen LogP contribution is 2.20. The monoisotopic (exact) mass is 269 g/mol. The van der Waals surface area contributed by atoms with Crippen LogP contribution in [0.3, 0.4) is 0 Å². The lowest BCUT2D eigenvalue weighted by molar-refractivity contribution is -0.121. The van der Waals surface area contributed by atoms with E-state index in [1.54, 1.807) is 6.20 Å². The van der Waals surface area contributed by atoms with Gasteiger partial charge in [-0.15, -0.1) is 0 Å². The van der Waals surface area contributed by atoms with Crippen LogP contribution in [0.15, 0.2) is 30.5 Å². The molecule has 1 N–H and O–H groups in total. The Bertz CT molecular complexity index is 649. The molecular weight excluding hydrogens is 250 g/mol. The number of para-hydroxylation sites is 1. The summed E-state index contributed by atoms with van der Waals surface area (Å²) in [7, 11) is 0. The first-order valence-electron chi connectivity index (χ1n) is 6.86. The van der Waals surface area contributed by atoms with Gasteiger partial charge in [-0.3, -0.25) is 4.79 Å². The van der Waals surface area contributed by atoms with Crippen molar-refractivity contribution in [3.05, 3.63) is 36.0 Å². The molecule has 1 heterocycles. The fourth-order valence-electron chi connectivity index (χ4n) is 2.18. The maximum Gasteiger partial charge on any atom is 0.239 e. The van der Waals surface area contributed by atoms with Crippen molar-refractivity contribution in [2.24, 2.45) is 5.92 Å². The van der Waals surface area contributed by atoms with Gasteiger partial charge in [0, 0.05) is 23.6 Å². The van der Waals surface area contributed by atoms with Gasteiger partial charge in [0.15, 0.2) is 0 Å².